The molecule has 1 atom stereocenters. The van der Waals surface area contributed by atoms with Gasteiger partial charge in [0.25, 0.3) is 0 Å². The molecule has 2 aromatic rings. The second-order valence-electron chi connectivity index (χ2n) is 7.32. The molecule has 1 aliphatic rings. The van der Waals surface area contributed by atoms with Crippen LogP contribution in [-0.2, 0) is 13.1 Å². The molecule has 0 bridgehead atoms. The van der Waals surface area contributed by atoms with Gasteiger partial charge in [-0.05, 0) is 56.5 Å². The SMILES string of the molecule is CCNC(=NCc1ccccc1Cn1cccn1)NCC1CCCN(C)C1. The Hall–Kier alpha value is -2.34. The molecule has 6 nitrogen and oxygen atoms in total. The molecule has 2 N–H and O–H groups in total. The highest BCUT2D eigenvalue weighted by Crippen LogP contribution is 2.14. The fourth-order valence-electron chi connectivity index (χ4n) is 3.62. The molecule has 1 aromatic heterocycles. The lowest BCUT2D eigenvalue weighted by molar-refractivity contribution is 0.210. The molecule has 27 heavy (non-hydrogen) atoms. The Labute approximate surface area is 162 Å². The number of nitrogens with zero attached hydrogens (tertiary/aromatic N) is 4. The van der Waals surface area contributed by atoms with Crippen molar-refractivity contribution in [1.82, 2.24) is 25.3 Å². The van der Waals surface area contributed by atoms with Gasteiger partial charge < -0.3 is 15.5 Å². The molecule has 1 aliphatic heterocycles. The van der Waals surface area contributed by atoms with E-state index in [0.717, 1.165) is 25.6 Å². The zero-order chi connectivity index (χ0) is 18.9. The second-order valence-corrected chi connectivity index (χ2v) is 7.32. The molecule has 0 aliphatic carbocycles. The van der Waals surface area contributed by atoms with Gasteiger partial charge in [0.15, 0.2) is 5.96 Å². The van der Waals surface area contributed by atoms with Crippen LogP contribution in [-0.4, -0.2) is 53.9 Å². The largest absolute Gasteiger partial charge is 0.357 e. The van der Waals surface area contributed by atoms with Crippen LogP contribution in [0.2, 0.25) is 0 Å². The molecule has 1 unspecified atom stereocenters. The van der Waals surface area contributed by atoms with Gasteiger partial charge >= 0.3 is 0 Å². The minimum absolute atomic E-state index is 0.664. The maximum Gasteiger partial charge on any atom is 0.191 e. The fraction of sp³-hybridized carbons (Fsp3) is 0.524. The van der Waals surface area contributed by atoms with Crippen molar-refractivity contribution in [3.05, 3.63) is 53.9 Å². The van der Waals surface area contributed by atoms with E-state index in [1.54, 1.807) is 0 Å². The van der Waals surface area contributed by atoms with E-state index in [-0.39, 0.29) is 0 Å². The van der Waals surface area contributed by atoms with E-state index in [1.165, 1.54) is 37.1 Å². The van der Waals surface area contributed by atoms with Crippen LogP contribution in [0, 0.1) is 5.92 Å². The summed E-state index contributed by atoms with van der Waals surface area (Å²) < 4.78 is 1.95. The van der Waals surface area contributed by atoms with E-state index in [2.05, 4.69) is 58.9 Å². The van der Waals surface area contributed by atoms with Crippen molar-refractivity contribution in [3.8, 4) is 0 Å². The van der Waals surface area contributed by atoms with Crippen LogP contribution in [0.5, 0.6) is 0 Å². The topological polar surface area (TPSA) is 57.5 Å². The molecule has 1 aromatic carbocycles. The monoisotopic (exact) mass is 368 g/mol. The van der Waals surface area contributed by atoms with Gasteiger partial charge in [-0.3, -0.25) is 4.68 Å². The van der Waals surface area contributed by atoms with Crippen LogP contribution in [0.4, 0.5) is 0 Å². The first-order valence-electron chi connectivity index (χ1n) is 9.99. The molecule has 1 saturated heterocycles. The average Bonchev–Trinajstić information content (AvgIpc) is 3.18. The Balaban J connectivity index is 1.61. The van der Waals surface area contributed by atoms with Crippen LogP contribution in [0.15, 0.2) is 47.7 Å². The van der Waals surface area contributed by atoms with Gasteiger partial charge in [-0.2, -0.15) is 5.10 Å². The highest BCUT2D eigenvalue weighted by molar-refractivity contribution is 5.79. The van der Waals surface area contributed by atoms with Gasteiger partial charge in [-0.1, -0.05) is 24.3 Å². The van der Waals surface area contributed by atoms with Crippen molar-refractivity contribution >= 4 is 5.96 Å². The molecule has 2 heterocycles. The summed E-state index contributed by atoms with van der Waals surface area (Å²) in [4.78, 5) is 7.25. The summed E-state index contributed by atoms with van der Waals surface area (Å²) in [6.07, 6.45) is 6.39. The van der Waals surface area contributed by atoms with Crippen LogP contribution in [0.1, 0.15) is 30.9 Å². The number of benzene rings is 1. The lowest BCUT2D eigenvalue weighted by Crippen LogP contribution is -2.43. The number of piperidine rings is 1. The van der Waals surface area contributed by atoms with E-state index < -0.39 is 0 Å². The minimum atomic E-state index is 0.664. The molecule has 0 amide bonds. The summed E-state index contributed by atoms with van der Waals surface area (Å²) in [5.74, 6) is 1.60. The average molecular weight is 369 g/mol. The number of nitrogens with one attached hydrogen (secondary N) is 2. The van der Waals surface area contributed by atoms with E-state index in [4.69, 9.17) is 4.99 Å². The van der Waals surface area contributed by atoms with Crippen molar-refractivity contribution < 1.29 is 0 Å². The quantitative estimate of drug-likeness (QED) is 0.582. The first kappa shape index (κ1) is 19.4. The summed E-state index contributed by atoms with van der Waals surface area (Å²) in [6.45, 7) is 7.78. The van der Waals surface area contributed by atoms with Crippen molar-refractivity contribution in [2.24, 2.45) is 10.9 Å². The molecular formula is C21H32N6. The van der Waals surface area contributed by atoms with E-state index >= 15 is 0 Å². The summed E-state index contributed by atoms with van der Waals surface area (Å²) in [7, 11) is 2.21. The van der Waals surface area contributed by atoms with Gasteiger partial charge in [0, 0.05) is 32.0 Å². The number of aliphatic imine (C=N–C) groups is 1. The zero-order valence-corrected chi connectivity index (χ0v) is 16.6. The summed E-state index contributed by atoms with van der Waals surface area (Å²) >= 11 is 0. The number of rotatable bonds is 7. The Kier molecular flexibility index (Phi) is 7.27. The Bertz CT molecular complexity index is 709. The smallest absolute Gasteiger partial charge is 0.191 e. The molecule has 0 radical (unpaired) electrons. The Morgan fingerprint density at radius 1 is 1.22 bits per heavy atom. The van der Waals surface area contributed by atoms with Gasteiger partial charge in [0.2, 0.25) is 0 Å². The first-order valence-corrected chi connectivity index (χ1v) is 9.99. The molecule has 1 fully saturated rings. The number of hydrogen-bond acceptors (Lipinski definition) is 3. The fourth-order valence-corrected chi connectivity index (χ4v) is 3.62. The molecule has 0 saturated carbocycles. The summed E-state index contributed by atoms with van der Waals surface area (Å²) in [5, 5.41) is 11.2. The third-order valence-electron chi connectivity index (χ3n) is 5.04. The second kappa shape index (κ2) is 10.1. The molecule has 3 rings (SSSR count). The third-order valence-corrected chi connectivity index (χ3v) is 5.04. The number of aromatic nitrogens is 2. The lowest BCUT2D eigenvalue weighted by atomic mass is 9.99. The maximum absolute atomic E-state index is 4.83. The highest BCUT2D eigenvalue weighted by atomic mass is 15.3. The lowest BCUT2D eigenvalue weighted by Gasteiger charge is -2.30. The van der Waals surface area contributed by atoms with Crippen molar-refractivity contribution in [3.63, 3.8) is 0 Å². The van der Waals surface area contributed by atoms with E-state index in [9.17, 15) is 0 Å². The summed E-state index contributed by atoms with van der Waals surface area (Å²) in [6, 6.07) is 10.4. The van der Waals surface area contributed by atoms with Crippen LogP contribution in [0.3, 0.4) is 0 Å². The third kappa shape index (κ3) is 6.10. The van der Waals surface area contributed by atoms with Gasteiger partial charge in [-0.15, -0.1) is 0 Å². The number of hydrogen-bond donors (Lipinski definition) is 2. The summed E-state index contributed by atoms with van der Waals surface area (Å²) in [5.41, 5.74) is 2.50. The standard InChI is InChI=1S/C21H32N6/c1-3-22-21(23-14-18-8-6-12-26(2)16-18)24-15-19-9-4-5-10-20(19)17-27-13-7-11-25-27/h4-5,7,9-11,13,18H,3,6,8,12,14-17H2,1-2H3,(H2,22,23,24). The zero-order valence-electron chi connectivity index (χ0n) is 16.6. The van der Waals surface area contributed by atoms with E-state index in [1.807, 2.05) is 23.1 Å². The predicted octanol–water partition coefficient (Wildman–Crippen LogP) is 2.33. The van der Waals surface area contributed by atoms with Crippen molar-refractivity contribution in [2.75, 3.05) is 33.2 Å². The van der Waals surface area contributed by atoms with Crippen LogP contribution in [0.25, 0.3) is 0 Å². The van der Waals surface area contributed by atoms with Crippen molar-refractivity contribution in [1.29, 1.82) is 0 Å². The highest BCUT2D eigenvalue weighted by Gasteiger charge is 2.17. The molecule has 0 spiro atoms. The van der Waals surface area contributed by atoms with Crippen molar-refractivity contribution in [2.45, 2.75) is 32.9 Å². The van der Waals surface area contributed by atoms with Crippen LogP contribution >= 0.6 is 0 Å². The normalized spacial score (nSPS) is 18.4. The number of guanidine groups is 1. The first-order chi connectivity index (χ1) is 13.2. The van der Waals surface area contributed by atoms with Gasteiger partial charge in [0.05, 0.1) is 13.1 Å². The number of likely N-dealkylation sites (tertiary alicyclic amines) is 1. The van der Waals surface area contributed by atoms with E-state index in [0.29, 0.717) is 12.5 Å². The molecule has 6 heteroatoms. The van der Waals surface area contributed by atoms with Gasteiger partial charge in [0.1, 0.15) is 0 Å². The van der Waals surface area contributed by atoms with Crippen LogP contribution < -0.4 is 10.6 Å². The van der Waals surface area contributed by atoms with Gasteiger partial charge in [-0.25, -0.2) is 4.99 Å². The molecular weight excluding hydrogens is 336 g/mol. The Morgan fingerprint density at radius 2 is 2.07 bits per heavy atom. The predicted molar refractivity (Wildman–Crippen MR) is 111 cm³/mol. The maximum atomic E-state index is 4.83. The Morgan fingerprint density at radius 3 is 2.81 bits per heavy atom. The minimum Gasteiger partial charge on any atom is -0.357 e. The molecule has 146 valence electrons.